The molecule has 3 heterocycles. The maximum absolute atomic E-state index is 15.3. The van der Waals surface area contributed by atoms with Crippen LogP contribution in [0.2, 0.25) is 0 Å². The van der Waals surface area contributed by atoms with Crippen molar-refractivity contribution in [2.24, 2.45) is 11.8 Å². The van der Waals surface area contributed by atoms with Crippen LogP contribution in [0.1, 0.15) is 327 Å². The molecule has 1 aliphatic carbocycles. The number of amides is 1. The topological polar surface area (TPSA) is 63.7 Å². The molecule has 2 aromatic heterocycles. The summed E-state index contributed by atoms with van der Waals surface area (Å²) in [4.78, 5) is 32.2. The van der Waals surface area contributed by atoms with E-state index < -0.39 is 0 Å². The Morgan fingerprint density at radius 2 is 0.829 bits per heavy atom. The average Bonchev–Trinajstić information content (AvgIpc) is 4.14. The molecule has 1 aromatic carbocycles. The molecule has 428 valence electrons. The van der Waals surface area contributed by atoms with Gasteiger partial charge in [0.15, 0.2) is 15.1 Å². The van der Waals surface area contributed by atoms with E-state index in [-0.39, 0.29) is 17.6 Å². The van der Waals surface area contributed by atoms with E-state index in [9.17, 15) is 4.79 Å². The van der Waals surface area contributed by atoms with Crippen LogP contribution in [-0.4, -0.2) is 18.2 Å². The summed E-state index contributed by atoms with van der Waals surface area (Å²) in [6.07, 6.45) is 55.0. The van der Waals surface area contributed by atoms with Gasteiger partial charge in [-0.3, -0.25) is 9.59 Å². The lowest BCUT2D eigenvalue weighted by atomic mass is 9.81. The lowest BCUT2D eigenvalue weighted by molar-refractivity contribution is -0.114. The maximum Gasteiger partial charge on any atom is 0.262 e. The highest BCUT2D eigenvalue weighted by molar-refractivity contribution is 9.10. The zero-order chi connectivity index (χ0) is 54.0. The van der Waals surface area contributed by atoms with Gasteiger partial charge in [-0.15, -0.1) is 0 Å². The van der Waals surface area contributed by atoms with Crippen LogP contribution in [-0.2, 0) is 9.59 Å². The number of hydrogen-bond acceptors (Lipinski definition) is 4. The van der Waals surface area contributed by atoms with Crippen LogP contribution in [0.15, 0.2) is 54.6 Å². The highest BCUT2D eigenvalue weighted by atomic mass is 79.9. The second-order valence-corrected chi connectivity index (χ2v) is 25.5. The van der Waals surface area contributed by atoms with Gasteiger partial charge in [-0.05, 0) is 122 Å². The molecule has 0 bridgehead atoms. The van der Waals surface area contributed by atoms with Crippen molar-refractivity contribution in [1.29, 1.82) is 0 Å². The molecule has 0 N–H and O–H groups in total. The highest BCUT2D eigenvalue weighted by Crippen LogP contribution is 2.38. The summed E-state index contributed by atoms with van der Waals surface area (Å²) in [5.74, 6) is 2.59. The lowest BCUT2D eigenvalue weighted by Crippen LogP contribution is -2.34. The van der Waals surface area contributed by atoms with Gasteiger partial charge in [0.25, 0.3) is 5.91 Å². The third kappa shape index (κ3) is 23.0. The number of anilines is 1. The van der Waals surface area contributed by atoms with Gasteiger partial charge in [0, 0.05) is 18.2 Å². The Kier molecular flexibility index (Phi) is 33.1. The van der Waals surface area contributed by atoms with Crippen LogP contribution in [0.4, 0.5) is 5.69 Å². The first kappa shape index (κ1) is 64.4. The molecule has 76 heavy (non-hydrogen) atoms. The third-order valence-electron chi connectivity index (χ3n) is 17.5. The molecule has 7 heteroatoms. The van der Waals surface area contributed by atoms with Gasteiger partial charge in [-0.2, -0.15) is 0 Å². The number of ketones is 1. The first-order valence-electron chi connectivity index (χ1n) is 32.6. The molecule has 0 saturated carbocycles. The maximum atomic E-state index is 15.3. The zero-order valence-corrected chi connectivity index (χ0v) is 52.3. The van der Waals surface area contributed by atoms with Crippen molar-refractivity contribution in [3.63, 3.8) is 0 Å². The van der Waals surface area contributed by atoms with Crippen LogP contribution in [0, 0.1) is 11.8 Å². The Hall–Kier alpha value is -2.38. The van der Waals surface area contributed by atoms with Crippen LogP contribution in [0.5, 0.6) is 0 Å². The van der Waals surface area contributed by atoms with Crippen molar-refractivity contribution in [3.8, 4) is 0 Å². The minimum absolute atomic E-state index is 0.0275. The van der Waals surface area contributed by atoms with E-state index in [1.54, 1.807) is 0 Å². The van der Waals surface area contributed by atoms with Gasteiger partial charge < -0.3 is 13.7 Å². The molecule has 5 rings (SSSR count). The molecule has 0 spiro atoms. The summed E-state index contributed by atoms with van der Waals surface area (Å²) in [5, 5.41) is 1.93. The largest absolute Gasteiger partial charge is 0.449 e. The predicted molar refractivity (Wildman–Crippen MR) is 332 cm³/mol. The Bertz CT molecular complexity index is 2170. The van der Waals surface area contributed by atoms with Crippen molar-refractivity contribution in [1.82, 2.24) is 0 Å². The van der Waals surface area contributed by atoms with E-state index in [1.165, 1.54) is 250 Å². The molecule has 0 fully saturated rings. The molecular formula is C69H109Br2NO4. The van der Waals surface area contributed by atoms with E-state index in [2.05, 4.69) is 76.6 Å². The lowest BCUT2D eigenvalue weighted by Gasteiger charge is -2.27. The zero-order valence-electron chi connectivity index (χ0n) is 49.1. The summed E-state index contributed by atoms with van der Waals surface area (Å²) >= 11 is 7.19. The third-order valence-corrected chi connectivity index (χ3v) is 18.3. The van der Waals surface area contributed by atoms with Crippen LogP contribution < -0.4 is 15.3 Å². The first-order valence-corrected chi connectivity index (χ1v) is 34.2. The normalized spacial score (nSPS) is 15.5. The molecule has 5 nitrogen and oxygen atoms in total. The number of carbonyl (C=O) groups excluding carboxylic acids is 2. The van der Waals surface area contributed by atoms with E-state index in [0.29, 0.717) is 56.8 Å². The summed E-state index contributed by atoms with van der Waals surface area (Å²) in [5.41, 5.74) is 3.45. The number of nitrogens with zero attached hydrogens (tertiary/aromatic N) is 1. The van der Waals surface area contributed by atoms with E-state index in [0.717, 1.165) is 41.8 Å². The number of unbranched alkanes of at least 4 members (excludes halogenated alkanes) is 32. The summed E-state index contributed by atoms with van der Waals surface area (Å²) in [6.45, 7) is 9.88. The predicted octanol–water partition coefficient (Wildman–Crippen LogP) is 21.9. The first-order chi connectivity index (χ1) is 37.3. The second-order valence-electron chi connectivity index (χ2n) is 23.9. The molecular weight excluding hydrogens is 1070 g/mol. The van der Waals surface area contributed by atoms with Crippen LogP contribution in [0.25, 0.3) is 11.1 Å². The van der Waals surface area contributed by atoms with Crippen molar-refractivity contribution in [2.45, 2.75) is 310 Å². The monoisotopic (exact) mass is 1170 g/mol. The van der Waals surface area contributed by atoms with Crippen molar-refractivity contribution in [3.05, 3.63) is 73.3 Å². The summed E-state index contributed by atoms with van der Waals surface area (Å²) in [6, 6.07) is 12.3. The van der Waals surface area contributed by atoms with Gasteiger partial charge >= 0.3 is 0 Å². The minimum Gasteiger partial charge on any atom is -0.449 e. The number of Topliss-reactive ketones (excluding diaryl/α,β-unsaturated/α-hetero) is 1. The Labute approximate surface area is 482 Å². The summed E-state index contributed by atoms with van der Waals surface area (Å²) < 4.78 is 13.9. The Morgan fingerprint density at radius 1 is 0.461 bits per heavy atom. The fourth-order valence-corrected chi connectivity index (χ4v) is 13.5. The minimum atomic E-state index is 0.0275. The van der Waals surface area contributed by atoms with Crippen LogP contribution >= 0.6 is 31.9 Å². The highest BCUT2D eigenvalue weighted by Gasteiger charge is 2.36. The molecule has 0 radical (unpaired) electrons. The molecule has 0 saturated heterocycles. The van der Waals surface area contributed by atoms with Gasteiger partial charge in [0.2, 0.25) is 0 Å². The number of hydrogen-bond donors (Lipinski definition) is 0. The number of benzene rings is 1. The standard InChI is InChI=1S/C69H109Br2NO4/c1-5-9-13-17-21-25-27-31-34-38-42-55(41-37-33-29-23-19-15-11-7-3)51-57-45-46-62(73)67(63-47-49-65(70)75-63)59-53-61-60(52-58(57)59)68(64-48-50-66(71)76-64)69(74)72(61)54-56(43-39-35-30-24-20-16-12-8-4)44-40-36-32-28-26-22-18-14-10-6-2/h47-50,52-53,55-57H,5-46,51,54H2,1-4H3. The van der Waals surface area contributed by atoms with E-state index >= 15 is 4.79 Å². The molecule has 2 aliphatic rings. The van der Waals surface area contributed by atoms with Gasteiger partial charge in [0.05, 0.1) is 16.8 Å². The molecule has 3 atom stereocenters. The smallest absolute Gasteiger partial charge is 0.262 e. The quantitative estimate of drug-likeness (QED) is 0.0529. The van der Waals surface area contributed by atoms with Crippen molar-refractivity contribution >= 4 is 60.4 Å². The SMILES string of the molecule is CCCCCCCCCCCCC(CCCCCCCCCC)CC1CCC(=O)C(c2ccc(Br)o2)=c2cc3c(cc21)=C(c1ccc(Br)o1)C(=O)N3CC(CCCCCCCCCC)CCCCCCCCCCCC. The number of furan rings is 2. The number of carbonyl (C=O) groups is 2. The second kappa shape index (κ2) is 39.1. The van der Waals surface area contributed by atoms with Gasteiger partial charge in [0.1, 0.15) is 11.5 Å². The number of halogens is 2. The number of rotatable bonds is 46. The van der Waals surface area contributed by atoms with Crippen molar-refractivity contribution in [2.75, 3.05) is 11.4 Å². The average molecular weight is 1180 g/mol. The van der Waals surface area contributed by atoms with Gasteiger partial charge in [-0.25, -0.2) is 0 Å². The molecule has 1 aliphatic heterocycles. The fraction of sp³-hybridized carbons (Fsp3) is 0.739. The van der Waals surface area contributed by atoms with E-state index in [4.69, 9.17) is 8.83 Å². The van der Waals surface area contributed by atoms with Crippen LogP contribution in [0.3, 0.4) is 0 Å². The van der Waals surface area contributed by atoms with E-state index in [1.807, 2.05) is 24.3 Å². The van der Waals surface area contributed by atoms with Gasteiger partial charge in [-0.1, -0.05) is 272 Å². The molecule has 3 unspecified atom stereocenters. The Balaban J connectivity index is 1.45. The Morgan fingerprint density at radius 3 is 1.21 bits per heavy atom. The summed E-state index contributed by atoms with van der Waals surface area (Å²) in [7, 11) is 0. The molecule has 1 amide bonds. The fourth-order valence-electron chi connectivity index (χ4n) is 12.9. The number of fused-ring (bicyclic) bond motifs is 2. The van der Waals surface area contributed by atoms with Crippen molar-refractivity contribution < 1.29 is 18.4 Å². The molecule has 3 aromatic rings.